The average Bonchev–Trinajstić information content (AvgIpc) is 2.63. The lowest BCUT2D eigenvalue weighted by atomic mass is 9.95. The summed E-state index contributed by atoms with van der Waals surface area (Å²) in [6.07, 6.45) is 10.2. The van der Waals surface area contributed by atoms with Crippen LogP contribution in [0.5, 0.6) is 0 Å². The molecule has 1 atom stereocenters. The first-order valence-electron chi connectivity index (χ1n) is 5.00. The summed E-state index contributed by atoms with van der Waals surface area (Å²) >= 11 is 1.96. The van der Waals surface area contributed by atoms with Crippen LogP contribution < -0.4 is 0 Å². The lowest BCUT2D eigenvalue weighted by molar-refractivity contribution is 0.790. The fraction of sp³-hybridized carbons (Fsp3) is 0.333. The van der Waals surface area contributed by atoms with Crippen molar-refractivity contribution in [2.24, 2.45) is 7.05 Å². The normalized spacial score (nSPS) is 20.3. The molecule has 2 aromatic rings. The van der Waals surface area contributed by atoms with Gasteiger partial charge >= 0.3 is 0 Å². The Hall–Kier alpha value is -1.02. The second kappa shape index (κ2) is 2.74. The molecule has 1 unspecified atom stereocenters. The van der Waals surface area contributed by atoms with Gasteiger partial charge in [-0.1, -0.05) is 19.1 Å². The van der Waals surface area contributed by atoms with Gasteiger partial charge in [0.2, 0.25) is 0 Å². The lowest BCUT2D eigenvalue weighted by Crippen LogP contribution is -1.94. The third-order valence-corrected chi connectivity index (χ3v) is 4.30. The quantitative estimate of drug-likeness (QED) is 0.614. The average molecular weight is 203 g/mol. The van der Waals surface area contributed by atoms with Crippen LogP contribution in [0.4, 0.5) is 0 Å². The summed E-state index contributed by atoms with van der Waals surface area (Å²) in [5, 5.41) is 1.43. The molecule has 1 nitrogen and oxygen atoms in total. The maximum atomic E-state index is 2.32. The molecule has 0 N–H and O–H groups in total. The van der Waals surface area contributed by atoms with Crippen LogP contribution in [0.1, 0.15) is 29.7 Å². The number of aromatic nitrogens is 1. The predicted octanol–water partition coefficient (Wildman–Crippen LogP) is 3.76. The number of hydrogen-bond acceptors (Lipinski definition) is 1. The number of aryl methyl sites for hydroxylation is 1. The molecule has 0 amide bonds. The van der Waals surface area contributed by atoms with Crippen LogP contribution in [0, 0.1) is 0 Å². The molecule has 0 spiro atoms. The van der Waals surface area contributed by atoms with Gasteiger partial charge in [0.15, 0.2) is 0 Å². The van der Waals surface area contributed by atoms with Crippen molar-refractivity contribution in [1.82, 2.24) is 4.57 Å². The van der Waals surface area contributed by atoms with Crippen LogP contribution >= 0.6 is 11.3 Å². The zero-order valence-electron chi connectivity index (χ0n) is 8.45. The minimum absolute atomic E-state index is 0.706. The highest BCUT2D eigenvalue weighted by Gasteiger charge is 2.18. The van der Waals surface area contributed by atoms with Crippen molar-refractivity contribution in [1.29, 1.82) is 0 Å². The largest absolute Gasteiger partial charge is 0.355 e. The van der Waals surface area contributed by atoms with E-state index in [9.17, 15) is 0 Å². The monoisotopic (exact) mass is 203 g/mol. The molecule has 0 saturated heterocycles. The molecule has 3 rings (SSSR count). The van der Waals surface area contributed by atoms with E-state index in [2.05, 4.69) is 43.1 Å². The first-order valence-corrected chi connectivity index (χ1v) is 5.82. The molecule has 0 saturated carbocycles. The van der Waals surface area contributed by atoms with Gasteiger partial charge in [-0.2, -0.15) is 0 Å². The molecule has 0 aromatic carbocycles. The van der Waals surface area contributed by atoms with E-state index in [1.807, 2.05) is 11.3 Å². The number of fused-ring (bicyclic) bond motifs is 3. The van der Waals surface area contributed by atoms with Gasteiger partial charge < -0.3 is 4.57 Å². The summed E-state index contributed by atoms with van der Waals surface area (Å²) in [6.45, 7) is 2.32. The van der Waals surface area contributed by atoms with E-state index in [1.165, 1.54) is 22.1 Å². The van der Waals surface area contributed by atoms with Gasteiger partial charge in [-0.05, 0) is 17.9 Å². The van der Waals surface area contributed by atoms with E-state index in [-0.39, 0.29) is 0 Å². The number of allylic oxidation sites excluding steroid dienone is 1. The predicted molar refractivity (Wildman–Crippen MR) is 62.9 cm³/mol. The highest BCUT2D eigenvalue weighted by molar-refractivity contribution is 7.19. The molecule has 2 aromatic heterocycles. The fourth-order valence-corrected chi connectivity index (χ4v) is 3.50. The zero-order valence-corrected chi connectivity index (χ0v) is 9.27. The van der Waals surface area contributed by atoms with E-state index in [0.717, 1.165) is 0 Å². The SMILES string of the molecule is CC1CC=Cc2c1sc1cn(C)cc21. The molecule has 2 heterocycles. The van der Waals surface area contributed by atoms with Crippen molar-refractivity contribution < 1.29 is 0 Å². The molecular formula is C12H13NS. The summed E-state index contributed by atoms with van der Waals surface area (Å²) in [4.78, 5) is 1.57. The molecule has 0 bridgehead atoms. The first-order chi connectivity index (χ1) is 6.75. The van der Waals surface area contributed by atoms with Gasteiger partial charge in [-0.15, -0.1) is 11.3 Å². The third kappa shape index (κ3) is 1.01. The Labute approximate surface area is 87.7 Å². The zero-order chi connectivity index (χ0) is 9.71. The maximum absolute atomic E-state index is 2.32. The Kier molecular flexibility index (Phi) is 1.62. The number of rotatable bonds is 0. The highest BCUT2D eigenvalue weighted by atomic mass is 32.1. The molecule has 14 heavy (non-hydrogen) atoms. The van der Waals surface area contributed by atoms with E-state index in [4.69, 9.17) is 0 Å². The summed E-state index contributed by atoms with van der Waals surface area (Å²) < 4.78 is 3.57. The molecule has 0 fully saturated rings. The Morgan fingerprint density at radius 2 is 2.29 bits per heavy atom. The molecular weight excluding hydrogens is 190 g/mol. The van der Waals surface area contributed by atoms with E-state index >= 15 is 0 Å². The van der Waals surface area contributed by atoms with Crippen LogP contribution in [0.2, 0.25) is 0 Å². The van der Waals surface area contributed by atoms with Crippen molar-refractivity contribution >= 4 is 27.5 Å². The van der Waals surface area contributed by atoms with Gasteiger partial charge in [0, 0.05) is 29.7 Å². The van der Waals surface area contributed by atoms with Crippen molar-refractivity contribution in [3.63, 3.8) is 0 Å². The van der Waals surface area contributed by atoms with Crippen molar-refractivity contribution in [2.75, 3.05) is 0 Å². The Morgan fingerprint density at radius 1 is 1.43 bits per heavy atom. The van der Waals surface area contributed by atoms with E-state index < -0.39 is 0 Å². The van der Waals surface area contributed by atoms with Crippen LogP contribution in [0.3, 0.4) is 0 Å². The van der Waals surface area contributed by atoms with Crippen molar-refractivity contribution in [2.45, 2.75) is 19.3 Å². The van der Waals surface area contributed by atoms with E-state index in [1.54, 1.807) is 4.88 Å². The Bertz CT molecular complexity index is 516. The molecule has 1 aliphatic rings. The minimum Gasteiger partial charge on any atom is -0.355 e. The lowest BCUT2D eigenvalue weighted by Gasteiger charge is -2.12. The summed E-state index contributed by atoms with van der Waals surface area (Å²) in [6, 6.07) is 0. The van der Waals surface area contributed by atoms with Crippen molar-refractivity contribution in [3.8, 4) is 0 Å². The molecule has 2 heteroatoms. The number of nitrogens with zero attached hydrogens (tertiary/aromatic N) is 1. The van der Waals surface area contributed by atoms with E-state index in [0.29, 0.717) is 5.92 Å². The second-order valence-corrected chi connectivity index (χ2v) is 5.20. The van der Waals surface area contributed by atoms with Crippen LogP contribution in [-0.2, 0) is 7.05 Å². The molecule has 1 aliphatic carbocycles. The van der Waals surface area contributed by atoms with Gasteiger partial charge in [0.1, 0.15) is 0 Å². The van der Waals surface area contributed by atoms with Gasteiger partial charge in [-0.25, -0.2) is 0 Å². The molecule has 72 valence electrons. The van der Waals surface area contributed by atoms with Gasteiger partial charge in [0.05, 0.1) is 4.70 Å². The first kappa shape index (κ1) is 8.30. The topological polar surface area (TPSA) is 4.93 Å². The summed E-state index contributed by atoms with van der Waals surface area (Å²) in [7, 11) is 2.09. The number of thiophene rings is 1. The second-order valence-electron chi connectivity index (χ2n) is 4.12. The summed E-state index contributed by atoms with van der Waals surface area (Å²) in [5.41, 5.74) is 1.46. The Balaban J connectivity index is 2.36. The van der Waals surface area contributed by atoms with Crippen LogP contribution in [0.25, 0.3) is 16.2 Å². The number of hydrogen-bond donors (Lipinski definition) is 0. The summed E-state index contributed by atoms with van der Waals surface area (Å²) in [5.74, 6) is 0.706. The van der Waals surface area contributed by atoms with Crippen LogP contribution in [0.15, 0.2) is 18.5 Å². The van der Waals surface area contributed by atoms with Gasteiger partial charge in [-0.3, -0.25) is 0 Å². The highest BCUT2D eigenvalue weighted by Crippen LogP contribution is 2.41. The fourth-order valence-electron chi connectivity index (χ4n) is 2.18. The Morgan fingerprint density at radius 3 is 3.14 bits per heavy atom. The standard InChI is InChI=1S/C12H13NS/c1-8-4-3-5-9-10-6-13(2)7-11(10)14-12(8)9/h3,5-8H,4H2,1-2H3. The molecule has 0 radical (unpaired) electrons. The minimum atomic E-state index is 0.706. The smallest absolute Gasteiger partial charge is 0.0528 e. The van der Waals surface area contributed by atoms with Crippen molar-refractivity contribution in [3.05, 3.63) is 28.9 Å². The van der Waals surface area contributed by atoms with Crippen LogP contribution in [-0.4, -0.2) is 4.57 Å². The maximum Gasteiger partial charge on any atom is 0.0528 e. The van der Waals surface area contributed by atoms with Gasteiger partial charge in [0.25, 0.3) is 0 Å². The molecule has 0 aliphatic heterocycles. The third-order valence-electron chi connectivity index (χ3n) is 2.92.